The first-order valence-electron chi connectivity index (χ1n) is 8.58. The minimum Gasteiger partial charge on any atom is -0.489 e. The molecule has 0 aliphatic heterocycles. The summed E-state index contributed by atoms with van der Waals surface area (Å²) in [4.78, 5) is 2.33. The third-order valence-electron chi connectivity index (χ3n) is 4.17. The number of ether oxygens (including phenoxy) is 1. The Labute approximate surface area is 143 Å². The molecule has 1 heterocycles. The highest BCUT2D eigenvalue weighted by atomic mass is 16.5. The van der Waals surface area contributed by atoms with Gasteiger partial charge in [-0.15, -0.1) is 0 Å². The zero-order chi connectivity index (χ0) is 16.8. The van der Waals surface area contributed by atoms with Gasteiger partial charge in [0.05, 0.1) is 11.2 Å². The Morgan fingerprint density at radius 3 is 2.75 bits per heavy atom. The monoisotopic (exact) mass is 323 g/mol. The fraction of sp³-hybridized carbons (Fsp3) is 0.350. The van der Waals surface area contributed by atoms with Crippen LogP contribution in [-0.2, 0) is 13.2 Å². The van der Waals surface area contributed by atoms with Gasteiger partial charge >= 0.3 is 0 Å². The molecule has 0 aliphatic carbocycles. The third kappa shape index (κ3) is 4.15. The number of nitrogens with zero attached hydrogens (tertiary/aromatic N) is 2. The molecule has 0 unspecified atom stereocenters. The molecular formula is C20H25N3O. The molecule has 0 spiro atoms. The van der Waals surface area contributed by atoms with Crippen molar-refractivity contribution in [3.63, 3.8) is 0 Å². The van der Waals surface area contributed by atoms with E-state index >= 15 is 0 Å². The van der Waals surface area contributed by atoms with Crippen LogP contribution in [0.15, 0.2) is 48.5 Å². The number of rotatable bonds is 8. The van der Waals surface area contributed by atoms with E-state index in [0.717, 1.165) is 35.4 Å². The number of aromatic amines is 1. The molecule has 24 heavy (non-hydrogen) atoms. The van der Waals surface area contributed by atoms with E-state index in [1.165, 1.54) is 18.4 Å². The number of nitrogens with one attached hydrogen (secondary N) is 1. The van der Waals surface area contributed by atoms with E-state index in [4.69, 9.17) is 4.74 Å². The molecule has 1 N–H and O–H groups in total. The molecule has 0 radical (unpaired) electrons. The average Bonchev–Trinajstić information content (AvgIpc) is 3.01. The standard InChI is InChI=1S/C20H25N3O/c1-3-4-12-23(2)14-20-18-13-17(10-11-19(18)21-22-20)24-15-16-8-6-5-7-9-16/h5-11,13H,3-4,12,14-15H2,1-2H3,(H,21,22). The van der Waals surface area contributed by atoms with Crippen LogP contribution in [-0.4, -0.2) is 28.7 Å². The van der Waals surface area contributed by atoms with Crippen LogP contribution in [0.5, 0.6) is 5.75 Å². The number of H-pyrrole nitrogens is 1. The second-order valence-electron chi connectivity index (χ2n) is 6.25. The quantitative estimate of drug-likeness (QED) is 0.669. The SMILES string of the molecule is CCCCN(C)Cc1[nH]nc2ccc(OCc3ccccc3)cc12. The molecule has 0 saturated carbocycles. The molecule has 0 aliphatic rings. The van der Waals surface area contributed by atoms with Gasteiger partial charge in [-0.3, -0.25) is 5.10 Å². The summed E-state index contributed by atoms with van der Waals surface area (Å²) >= 11 is 0. The molecule has 4 heteroatoms. The number of hydrogen-bond acceptors (Lipinski definition) is 3. The first-order valence-corrected chi connectivity index (χ1v) is 8.58. The van der Waals surface area contributed by atoms with Gasteiger partial charge in [0.25, 0.3) is 0 Å². The van der Waals surface area contributed by atoms with Crippen LogP contribution < -0.4 is 4.74 Å². The number of fused-ring (bicyclic) bond motifs is 1. The van der Waals surface area contributed by atoms with E-state index in [1.807, 2.05) is 30.3 Å². The smallest absolute Gasteiger partial charge is 0.120 e. The molecule has 0 bridgehead atoms. The molecule has 0 fully saturated rings. The summed E-state index contributed by atoms with van der Waals surface area (Å²) in [6.07, 6.45) is 2.43. The van der Waals surface area contributed by atoms with Crippen molar-refractivity contribution in [2.75, 3.05) is 13.6 Å². The summed E-state index contributed by atoms with van der Waals surface area (Å²) in [6, 6.07) is 16.3. The van der Waals surface area contributed by atoms with Gasteiger partial charge in [0.15, 0.2) is 0 Å². The predicted molar refractivity (Wildman–Crippen MR) is 98.1 cm³/mol. The van der Waals surface area contributed by atoms with Crippen molar-refractivity contribution in [1.29, 1.82) is 0 Å². The van der Waals surface area contributed by atoms with Crippen LogP contribution in [0.1, 0.15) is 31.0 Å². The fourth-order valence-electron chi connectivity index (χ4n) is 2.77. The van der Waals surface area contributed by atoms with Gasteiger partial charge in [0.2, 0.25) is 0 Å². The van der Waals surface area contributed by atoms with E-state index in [9.17, 15) is 0 Å². The molecule has 1 aromatic heterocycles. The van der Waals surface area contributed by atoms with E-state index in [0.29, 0.717) is 6.61 Å². The molecule has 4 nitrogen and oxygen atoms in total. The van der Waals surface area contributed by atoms with Crippen molar-refractivity contribution in [2.45, 2.75) is 32.9 Å². The topological polar surface area (TPSA) is 41.2 Å². The highest BCUT2D eigenvalue weighted by Crippen LogP contribution is 2.23. The van der Waals surface area contributed by atoms with Crippen molar-refractivity contribution in [1.82, 2.24) is 15.1 Å². The average molecular weight is 323 g/mol. The first-order chi connectivity index (χ1) is 11.8. The second kappa shape index (κ2) is 7.97. The van der Waals surface area contributed by atoms with Crippen molar-refractivity contribution in [3.8, 4) is 5.75 Å². The molecule has 126 valence electrons. The maximum Gasteiger partial charge on any atom is 0.120 e. The highest BCUT2D eigenvalue weighted by Gasteiger charge is 2.09. The lowest BCUT2D eigenvalue weighted by Crippen LogP contribution is -2.19. The van der Waals surface area contributed by atoms with Crippen molar-refractivity contribution in [2.24, 2.45) is 0 Å². The van der Waals surface area contributed by atoms with Gasteiger partial charge < -0.3 is 9.64 Å². The van der Waals surface area contributed by atoms with Gasteiger partial charge in [0.1, 0.15) is 12.4 Å². The summed E-state index contributed by atoms with van der Waals surface area (Å²) in [6.45, 7) is 4.77. The fourth-order valence-corrected chi connectivity index (χ4v) is 2.77. The highest BCUT2D eigenvalue weighted by molar-refractivity contribution is 5.82. The largest absolute Gasteiger partial charge is 0.489 e. The van der Waals surface area contributed by atoms with Crippen LogP contribution in [0.3, 0.4) is 0 Å². The van der Waals surface area contributed by atoms with E-state index in [2.05, 4.69) is 47.3 Å². The van der Waals surface area contributed by atoms with Gasteiger partial charge in [-0.2, -0.15) is 5.10 Å². The van der Waals surface area contributed by atoms with Crippen LogP contribution >= 0.6 is 0 Å². The summed E-state index contributed by atoms with van der Waals surface area (Å²) in [5.41, 5.74) is 3.30. The molecule has 0 atom stereocenters. The Morgan fingerprint density at radius 2 is 1.96 bits per heavy atom. The minimum absolute atomic E-state index is 0.579. The van der Waals surface area contributed by atoms with E-state index in [-0.39, 0.29) is 0 Å². The third-order valence-corrected chi connectivity index (χ3v) is 4.17. The van der Waals surface area contributed by atoms with Gasteiger partial charge in [-0.05, 0) is 43.8 Å². The maximum atomic E-state index is 5.94. The Bertz CT molecular complexity index is 767. The maximum absolute atomic E-state index is 5.94. The lowest BCUT2D eigenvalue weighted by molar-refractivity contribution is 0.306. The summed E-state index contributed by atoms with van der Waals surface area (Å²) in [7, 11) is 2.15. The van der Waals surface area contributed by atoms with Crippen LogP contribution in [0.25, 0.3) is 10.9 Å². The summed E-state index contributed by atoms with van der Waals surface area (Å²) in [5, 5.41) is 8.72. The Morgan fingerprint density at radius 1 is 1.12 bits per heavy atom. The summed E-state index contributed by atoms with van der Waals surface area (Å²) < 4.78 is 5.94. The molecule has 3 rings (SSSR count). The minimum atomic E-state index is 0.579. The van der Waals surface area contributed by atoms with Crippen LogP contribution in [0, 0.1) is 0 Å². The Balaban J connectivity index is 1.71. The molecule has 0 saturated heterocycles. The van der Waals surface area contributed by atoms with Crippen LogP contribution in [0.2, 0.25) is 0 Å². The Kier molecular flexibility index (Phi) is 5.49. The predicted octanol–water partition coefficient (Wildman–Crippen LogP) is 4.37. The van der Waals surface area contributed by atoms with E-state index in [1.54, 1.807) is 0 Å². The number of benzene rings is 2. The van der Waals surface area contributed by atoms with Crippen molar-refractivity contribution >= 4 is 10.9 Å². The number of aromatic nitrogens is 2. The Hall–Kier alpha value is -2.33. The number of unbranched alkanes of at least 4 members (excludes halogenated alkanes) is 1. The van der Waals surface area contributed by atoms with Crippen LogP contribution in [0.4, 0.5) is 0 Å². The molecular weight excluding hydrogens is 298 g/mol. The zero-order valence-electron chi connectivity index (χ0n) is 14.5. The van der Waals surface area contributed by atoms with Gasteiger partial charge in [-0.25, -0.2) is 0 Å². The van der Waals surface area contributed by atoms with Gasteiger partial charge in [-0.1, -0.05) is 43.7 Å². The van der Waals surface area contributed by atoms with Crippen molar-refractivity contribution < 1.29 is 4.74 Å². The summed E-state index contributed by atoms with van der Waals surface area (Å²) in [5.74, 6) is 0.880. The molecule has 3 aromatic rings. The lowest BCUT2D eigenvalue weighted by atomic mass is 10.2. The first kappa shape index (κ1) is 16.5. The lowest BCUT2D eigenvalue weighted by Gasteiger charge is -2.15. The van der Waals surface area contributed by atoms with E-state index < -0.39 is 0 Å². The normalized spacial score (nSPS) is 11.3. The van der Waals surface area contributed by atoms with Crippen molar-refractivity contribution in [3.05, 3.63) is 59.8 Å². The number of hydrogen-bond donors (Lipinski definition) is 1. The second-order valence-corrected chi connectivity index (χ2v) is 6.25. The van der Waals surface area contributed by atoms with Gasteiger partial charge in [0, 0.05) is 11.9 Å². The molecule has 2 aromatic carbocycles. The zero-order valence-corrected chi connectivity index (χ0v) is 14.5. The molecule has 0 amide bonds.